The van der Waals surface area contributed by atoms with Crippen LogP contribution in [-0.2, 0) is 14.8 Å². The number of fused-ring (bicyclic) bond motifs is 1. The van der Waals surface area contributed by atoms with Crippen LogP contribution in [0.25, 0.3) is 21.9 Å². The summed E-state index contributed by atoms with van der Waals surface area (Å²) in [6.45, 7) is 19.1. The number of rotatable bonds is 14. The molecule has 1 aliphatic rings. The molecule has 0 radical (unpaired) electrons. The van der Waals surface area contributed by atoms with Gasteiger partial charge < -0.3 is 29.7 Å². The molecule has 0 amide bonds. The SMILES string of the molecule is [C-]#[N+]c1cn2[nH]c(-c3cc(Nc4cc(C)ccc4OCCO)c(C)c(NS(=O)(=O)c4cc(C)ccc4OCCO)c3)nc2c1C(=O)OC1C(C)CC(C)CC1C. The van der Waals surface area contributed by atoms with Crippen LogP contribution in [-0.4, -0.2) is 71.7 Å². The lowest BCUT2D eigenvalue weighted by atomic mass is 9.75. The minimum atomic E-state index is -4.27. The van der Waals surface area contributed by atoms with Gasteiger partial charge in [-0.05, 0) is 104 Å². The average molecular weight is 785 g/mol. The van der Waals surface area contributed by atoms with E-state index in [1.807, 2.05) is 19.1 Å². The van der Waals surface area contributed by atoms with Gasteiger partial charge in [-0.25, -0.2) is 23.0 Å². The Morgan fingerprint density at radius 1 is 0.929 bits per heavy atom. The zero-order chi connectivity index (χ0) is 40.3. The Labute approximate surface area is 326 Å². The van der Waals surface area contributed by atoms with Crippen LogP contribution in [0.15, 0.2) is 59.6 Å². The molecule has 0 bridgehead atoms. The van der Waals surface area contributed by atoms with Crippen LogP contribution in [0.5, 0.6) is 11.5 Å². The van der Waals surface area contributed by atoms with Crippen LogP contribution in [0.2, 0.25) is 0 Å². The molecule has 14 nitrogen and oxygen atoms in total. The lowest BCUT2D eigenvalue weighted by Gasteiger charge is -2.37. The molecule has 1 fully saturated rings. The van der Waals surface area contributed by atoms with Crippen LogP contribution in [0.1, 0.15) is 60.7 Å². The van der Waals surface area contributed by atoms with E-state index in [0.717, 1.165) is 18.4 Å². The number of hydrogen-bond donors (Lipinski definition) is 5. The summed E-state index contributed by atoms with van der Waals surface area (Å²) in [7, 11) is -4.27. The van der Waals surface area contributed by atoms with Gasteiger partial charge in [-0.15, -0.1) is 0 Å². The smallest absolute Gasteiger partial charge is 0.331 e. The van der Waals surface area contributed by atoms with E-state index in [0.29, 0.717) is 39.7 Å². The third-order valence-electron chi connectivity index (χ3n) is 10.1. The molecule has 1 saturated carbocycles. The number of carbonyl (C=O) groups excluding carboxylic acids is 1. The first-order chi connectivity index (χ1) is 26.7. The number of aliphatic hydroxyl groups is 2. The molecule has 5 aromatic rings. The molecule has 56 heavy (non-hydrogen) atoms. The molecule has 0 aliphatic heterocycles. The summed E-state index contributed by atoms with van der Waals surface area (Å²) in [5, 5.41) is 25.4. The van der Waals surface area contributed by atoms with Crippen molar-refractivity contribution in [3.05, 3.63) is 88.4 Å². The summed E-state index contributed by atoms with van der Waals surface area (Å²) in [5.74, 6) is 1.05. The van der Waals surface area contributed by atoms with Crippen molar-refractivity contribution < 1.29 is 37.6 Å². The first-order valence-electron chi connectivity index (χ1n) is 18.6. The van der Waals surface area contributed by atoms with Crippen LogP contribution in [0, 0.1) is 45.1 Å². The summed E-state index contributed by atoms with van der Waals surface area (Å²) in [6.07, 6.45) is 3.06. The first-order valence-corrected chi connectivity index (χ1v) is 20.0. The number of nitrogens with one attached hydrogen (secondary N) is 3. The maximum Gasteiger partial charge on any atom is 0.331 e. The molecular formula is C41H48N6O8S. The highest BCUT2D eigenvalue weighted by molar-refractivity contribution is 7.92. The third kappa shape index (κ3) is 8.47. The van der Waals surface area contributed by atoms with Gasteiger partial charge in [0, 0.05) is 17.4 Å². The van der Waals surface area contributed by atoms with Gasteiger partial charge in [0.25, 0.3) is 10.0 Å². The fraction of sp³-hybridized carbons (Fsp3) is 0.390. The van der Waals surface area contributed by atoms with Gasteiger partial charge in [-0.3, -0.25) is 14.3 Å². The van der Waals surface area contributed by atoms with E-state index in [4.69, 9.17) is 25.8 Å². The number of aliphatic hydroxyl groups excluding tert-OH is 2. The average Bonchev–Trinajstić information content (AvgIpc) is 3.72. The molecule has 2 aromatic heterocycles. The largest absolute Gasteiger partial charge is 0.490 e. The highest BCUT2D eigenvalue weighted by Crippen LogP contribution is 2.39. The fourth-order valence-electron chi connectivity index (χ4n) is 7.50. The van der Waals surface area contributed by atoms with Gasteiger partial charge in [-0.1, -0.05) is 32.9 Å². The van der Waals surface area contributed by atoms with Crippen molar-refractivity contribution in [3.63, 3.8) is 0 Å². The molecule has 0 saturated heterocycles. The molecule has 5 N–H and O–H groups in total. The number of carbonyl (C=O) groups is 1. The Balaban J connectivity index is 1.45. The molecule has 6 rings (SSSR count). The summed E-state index contributed by atoms with van der Waals surface area (Å²) in [6, 6.07) is 13.7. The Kier molecular flexibility index (Phi) is 11.9. The number of aryl methyl sites for hydroxylation is 2. The van der Waals surface area contributed by atoms with E-state index < -0.39 is 16.0 Å². The Morgan fingerprint density at radius 3 is 2.21 bits per heavy atom. The second-order valence-electron chi connectivity index (χ2n) is 14.7. The number of aromatic nitrogens is 3. The van der Waals surface area contributed by atoms with E-state index in [1.54, 1.807) is 44.2 Å². The number of benzene rings is 3. The number of anilines is 3. The number of nitrogens with zero attached hydrogens (tertiary/aromatic N) is 3. The van der Waals surface area contributed by atoms with Crippen molar-refractivity contribution in [2.75, 3.05) is 36.5 Å². The maximum atomic E-state index is 14.1. The van der Waals surface area contributed by atoms with Crippen molar-refractivity contribution in [2.24, 2.45) is 17.8 Å². The zero-order valence-corrected chi connectivity index (χ0v) is 33.2. The van der Waals surface area contributed by atoms with E-state index in [9.17, 15) is 23.4 Å². The quantitative estimate of drug-likeness (QED) is 0.0566. The lowest BCUT2D eigenvalue weighted by Crippen LogP contribution is -2.37. The molecular weight excluding hydrogens is 737 g/mol. The van der Waals surface area contributed by atoms with Gasteiger partial charge in [0.1, 0.15) is 41.3 Å². The third-order valence-corrected chi connectivity index (χ3v) is 11.4. The van der Waals surface area contributed by atoms with E-state index in [2.05, 4.69) is 40.8 Å². The van der Waals surface area contributed by atoms with Crippen molar-refractivity contribution in [2.45, 2.75) is 65.4 Å². The highest BCUT2D eigenvalue weighted by Gasteiger charge is 2.36. The maximum absolute atomic E-state index is 14.1. The molecule has 1 aliphatic carbocycles. The standard InChI is InChI=1S/C41H48N6O8S/c1-23-8-10-34(53-14-12-48)32(18-23)43-30-20-29(21-31(28(30)6)46-56(51,52)36-19-24(2)9-11-35(36)54-15-13-49)39-44-40-37(33(42-7)22-47(40)45-39)41(50)55-38-26(4)16-25(3)17-27(38)5/h8-11,18-22,25-27,38,43,46,48-49H,12-17H2,1-6H3,(H,44,45). The minimum Gasteiger partial charge on any atom is -0.490 e. The summed E-state index contributed by atoms with van der Waals surface area (Å²) in [5.41, 5.74) is 4.21. The number of aromatic amines is 1. The second-order valence-corrected chi connectivity index (χ2v) is 16.3. The number of esters is 1. The molecule has 3 aromatic carbocycles. The van der Waals surface area contributed by atoms with Crippen molar-refractivity contribution in [1.82, 2.24) is 14.6 Å². The van der Waals surface area contributed by atoms with Gasteiger partial charge >= 0.3 is 5.97 Å². The molecule has 0 spiro atoms. The number of sulfonamides is 1. The van der Waals surface area contributed by atoms with E-state index in [-0.39, 0.29) is 83.4 Å². The summed E-state index contributed by atoms with van der Waals surface area (Å²) < 4.78 is 50.0. The van der Waals surface area contributed by atoms with E-state index in [1.165, 1.54) is 16.8 Å². The number of H-pyrrole nitrogens is 1. The van der Waals surface area contributed by atoms with Crippen molar-refractivity contribution in [1.29, 1.82) is 0 Å². The number of ether oxygens (including phenoxy) is 3. The van der Waals surface area contributed by atoms with Crippen LogP contribution in [0.4, 0.5) is 22.7 Å². The Morgan fingerprint density at radius 2 is 1.55 bits per heavy atom. The molecule has 2 unspecified atom stereocenters. The normalized spacial score (nSPS) is 18.3. The van der Waals surface area contributed by atoms with E-state index >= 15 is 0 Å². The summed E-state index contributed by atoms with van der Waals surface area (Å²) in [4.78, 5) is 22.1. The number of hydrogen-bond acceptors (Lipinski definition) is 10. The first kappa shape index (κ1) is 40.1. The van der Waals surface area contributed by atoms with Crippen molar-refractivity contribution in [3.8, 4) is 22.9 Å². The topological polar surface area (TPSA) is 181 Å². The van der Waals surface area contributed by atoms with Crippen LogP contribution >= 0.6 is 0 Å². The minimum absolute atomic E-state index is 0.0483. The zero-order valence-electron chi connectivity index (χ0n) is 32.3. The van der Waals surface area contributed by atoms with Gasteiger partial charge in [0.05, 0.1) is 31.2 Å². The highest BCUT2D eigenvalue weighted by atomic mass is 32.2. The van der Waals surface area contributed by atoms with Crippen LogP contribution < -0.4 is 19.5 Å². The van der Waals surface area contributed by atoms with Gasteiger partial charge in [0.15, 0.2) is 11.5 Å². The predicted octanol–water partition coefficient (Wildman–Crippen LogP) is 7.32. The fourth-order valence-corrected chi connectivity index (χ4v) is 8.84. The molecule has 2 atom stereocenters. The van der Waals surface area contributed by atoms with Gasteiger partial charge in [-0.2, -0.15) is 0 Å². The monoisotopic (exact) mass is 784 g/mol. The molecule has 2 heterocycles. The molecule has 296 valence electrons. The Bertz CT molecular complexity index is 2390. The molecule has 15 heteroatoms. The van der Waals surface area contributed by atoms with Crippen LogP contribution in [0.3, 0.4) is 0 Å². The summed E-state index contributed by atoms with van der Waals surface area (Å²) >= 11 is 0. The predicted molar refractivity (Wildman–Crippen MR) is 214 cm³/mol. The van der Waals surface area contributed by atoms with Crippen molar-refractivity contribution >= 4 is 44.4 Å². The second kappa shape index (κ2) is 16.7. The lowest BCUT2D eigenvalue weighted by molar-refractivity contribution is -0.0249. The Hall–Kier alpha value is -5.56. The van der Waals surface area contributed by atoms with Gasteiger partial charge in [0.2, 0.25) is 5.69 Å².